The smallest absolute Gasteiger partial charge is 0.145 e. The summed E-state index contributed by atoms with van der Waals surface area (Å²) in [6, 6.07) is 35.4. The van der Waals surface area contributed by atoms with E-state index >= 15 is 0 Å². The van der Waals surface area contributed by atoms with Crippen LogP contribution < -0.4 is 0 Å². The number of fused-ring (bicyclic) bond motifs is 4. The summed E-state index contributed by atoms with van der Waals surface area (Å²) in [7, 11) is 0. The van der Waals surface area contributed by atoms with Crippen molar-refractivity contribution < 1.29 is 11.0 Å². The van der Waals surface area contributed by atoms with Gasteiger partial charge in [0.2, 0.25) is 0 Å². The van der Waals surface area contributed by atoms with Crippen LogP contribution >= 0.6 is 0 Å². The molecule has 0 amide bonds. The largest absolute Gasteiger partial charge is 0.292 e. The van der Waals surface area contributed by atoms with E-state index in [4.69, 9.17) is 10.5 Å². The van der Waals surface area contributed by atoms with Crippen LogP contribution in [0, 0.1) is 0 Å². The highest BCUT2D eigenvalue weighted by molar-refractivity contribution is 6.22. The molecule has 0 unspecified atom stereocenters. The average Bonchev–Trinajstić information content (AvgIpc) is 3.59. The van der Waals surface area contributed by atoms with Gasteiger partial charge in [-0.25, -0.2) is 4.98 Å². The van der Waals surface area contributed by atoms with Gasteiger partial charge in [0.25, 0.3) is 0 Å². The van der Waals surface area contributed by atoms with Crippen LogP contribution in [0.5, 0.6) is 0 Å². The van der Waals surface area contributed by atoms with Gasteiger partial charge in [0.1, 0.15) is 5.82 Å². The quantitative estimate of drug-likeness (QED) is 0.189. The Morgan fingerprint density at radius 3 is 1.84 bits per heavy atom. The highest BCUT2D eigenvalue weighted by Crippen LogP contribution is 2.46. The molecule has 0 saturated heterocycles. The summed E-state index contributed by atoms with van der Waals surface area (Å²) in [6.45, 7) is 0. The van der Waals surface area contributed by atoms with Gasteiger partial charge in [0.15, 0.2) is 0 Å². The molecule has 0 atom stereocenters. The van der Waals surface area contributed by atoms with Gasteiger partial charge >= 0.3 is 0 Å². The van der Waals surface area contributed by atoms with Crippen molar-refractivity contribution in [3.05, 3.63) is 170 Å². The van der Waals surface area contributed by atoms with E-state index in [2.05, 4.69) is 0 Å². The average molecular weight is 581 g/mol. The van der Waals surface area contributed by atoms with E-state index in [0.717, 1.165) is 27.4 Å². The maximum atomic E-state index is 9.45. The maximum absolute atomic E-state index is 9.45. The Morgan fingerprint density at radius 1 is 0.489 bits per heavy atom. The molecule has 0 spiro atoms. The normalized spacial score (nSPS) is 14.0. The van der Waals surface area contributed by atoms with Crippen molar-refractivity contribution in [3.8, 4) is 39.3 Å². The van der Waals surface area contributed by atoms with Gasteiger partial charge in [0, 0.05) is 11.1 Å². The van der Waals surface area contributed by atoms with Gasteiger partial charge in [-0.05, 0) is 73.3 Å². The summed E-state index contributed by atoms with van der Waals surface area (Å²) in [6.07, 6.45) is 0. The Hall–Kier alpha value is -5.99. The van der Waals surface area contributed by atoms with Crippen LogP contribution in [0.15, 0.2) is 170 Å². The molecule has 9 rings (SSSR count). The van der Waals surface area contributed by atoms with Crippen molar-refractivity contribution in [2.75, 3.05) is 0 Å². The van der Waals surface area contributed by atoms with E-state index in [0.29, 0.717) is 28.2 Å². The second-order valence-electron chi connectivity index (χ2n) is 11.0. The Balaban J connectivity index is 1.53. The molecular formula is C43H28N2. The lowest BCUT2D eigenvalue weighted by molar-refractivity contribution is 1.10. The molecule has 0 aliphatic carbocycles. The number of hydrogen-bond donors (Lipinski definition) is 0. The summed E-state index contributed by atoms with van der Waals surface area (Å²) < 4.78 is 75.1. The molecule has 0 aliphatic heterocycles. The minimum atomic E-state index is -0.441. The van der Waals surface area contributed by atoms with Gasteiger partial charge in [0.05, 0.1) is 27.7 Å². The molecule has 45 heavy (non-hydrogen) atoms. The first-order valence-corrected chi connectivity index (χ1v) is 14.7. The molecule has 0 bridgehead atoms. The van der Waals surface area contributed by atoms with Gasteiger partial charge in [-0.2, -0.15) is 0 Å². The molecule has 0 fully saturated rings. The second-order valence-corrected chi connectivity index (χ2v) is 11.0. The van der Waals surface area contributed by atoms with Crippen molar-refractivity contribution >= 4 is 43.4 Å². The number of aromatic nitrogens is 2. The molecule has 1 heterocycles. The van der Waals surface area contributed by atoms with E-state index in [-0.39, 0.29) is 51.3 Å². The fourth-order valence-electron chi connectivity index (χ4n) is 6.46. The van der Waals surface area contributed by atoms with Crippen LogP contribution in [-0.2, 0) is 0 Å². The third kappa shape index (κ3) is 4.07. The van der Waals surface area contributed by atoms with Crippen LogP contribution in [-0.4, -0.2) is 9.55 Å². The minimum absolute atomic E-state index is 0.162. The first-order chi connectivity index (χ1) is 25.7. The highest BCUT2D eigenvalue weighted by Gasteiger charge is 2.21. The van der Waals surface area contributed by atoms with Crippen LogP contribution in [0.1, 0.15) is 11.0 Å². The standard InChI is InChI=1S/C43H28N2/c1-2-15-30(16-3-1)43-44-38-23-11-13-25-40(38)45(43)39-24-12-10-22-37(39)42-35-20-8-6-18-33(35)41(34-19-7-9-21-36(34)42)32-27-26-29-14-4-5-17-31(29)28-32/h1-28H/i6D,7D,8D,9D,18D,19D,20D,21D. The van der Waals surface area contributed by atoms with E-state index in [1.54, 1.807) is 0 Å². The van der Waals surface area contributed by atoms with Gasteiger partial charge in [-0.15, -0.1) is 0 Å². The number of imidazole rings is 1. The summed E-state index contributed by atoms with van der Waals surface area (Å²) >= 11 is 0. The Bertz CT molecular complexity index is 2910. The third-order valence-electron chi connectivity index (χ3n) is 8.42. The molecule has 2 heteroatoms. The zero-order chi connectivity index (χ0) is 36.7. The SMILES string of the molecule is [2H]c1c([2H])c([2H])c2c(-c3ccccc3-n3c(-c4ccccc4)nc4ccccc43)c3c([2H])c([2H])c([2H])c([2H])c3c(-c3ccc4ccccc4c3)c2c1[2H]. The summed E-state index contributed by atoms with van der Waals surface area (Å²) in [4.78, 5) is 5.03. The Kier molecular flexibility index (Phi) is 4.27. The number of rotatable bonds is 4. The zero-order valence-electron chi connectivity index (χ0n) is 31.9. The lowest BCUT2D eigenvalue weighted by Gasteiger charge is -2.21. The number of nitrogens with zero attached hydrogens (tertiary/aromatic N) is 2. The first-order valence-electron chi connectivity index (χ1n) is 18.7. The lowest BCUT2D eigenvalue weighted by Crippen LogP contribution is -2.01. The Morgan fingerprint density at radius 2 is 1.09 bits per heavy atom. The molecule has 0 radical (unpaired) electrons. The third-order valence-corrected chi connectivity index (χ3v) is 8.42. The summed E-state index contributed by atoms with van der Waals surface area (Å²) in [5, 5.41) is 2.51. The van der Waals surface area contributed by atoms with Crippen LogP contribution in [0.3, 0.4) is 0 Å². The van der Waals surface area contributed by atoms with Crippen LogP contribution in [0.4, 0.5) is 0 Å². The molecule has 1 aromatic heterocycles. The zero-order valence-corrected chi connectivity index (χ0v) is 23.9. The number of benzene rings is 8. The van der Waals surface area contributed by atoms with Crippen molar-refractivity contribution in [1.82, 2.24) is 9.55 Å². The lowest BCUT2D eigenvalue weighted by atomic mass is 9.85. The summed E-state index contributed by atoms with van der Waals surface area (Å²) in [5.41, 5.74) is 4.70. The van der Waals surface area contributed by atoms with Crippen molar-refractivity contribution in [2.24, 2.45) is 0 Å². The van der Waals surface area contributed by atoms with E-state index in [1.165, 1.54) is 0 Å². The molecule has 0 aliphatic rings. The summed E-state index contributed by atoms with van der Waals surface area (Å²) in [5.74, 6) is 0.643. The molecule has 210 valence electrons. The topological polar surface area (TPSA) is 17.8 Å². The highest BCUT2D eigenvalue weighted by atomic mass is 15.1. The fourth-order valence-corrected chi connectivity index (χ4v) is 6.46. The van der Waals surface area contributed by atoms with Gasteiger partial charge in [-0.1, -0.05) is 145 Å². The maximum Gasteiger partial charge on any atom is 0.145 e. The molecule has 0 saturated carbocycles. The first kappa shape index (κ1) is 18.6. The second kappa shape index (κ2) is 10.3. The van der Waals surface area contributed by atoms with Crippen molar-refractivity contribution in [1.29, 1.82) is 0 Å². The molecular weight excluding hydrogens is 544 g/mol. The van der Waals surface area contributed by atoms with E-state index in [1.807, 2.05) is 126 Å². The fraction of sp³-hybridized carbons (Fsp3) is 0. The minimum Gasteiger partial charge on any atom is -0.292 e. The van der Waals surface area contributed by atoms with Crippen LogP contribution in [0.2, 0.25) is 0 Å². The van der Waals surface area contributed by atoms with Gasteiger partial charge < -0.3 is 0 Å². The monoisotopic (exact) mass is 580 g/mol. The van der Waals surface area contributed by atoms with Crippen molar-refractivity contribution in [2.45, 2.75) is 0 Å². The van der Waals surface area contributed by atoms with Crippen molar-refractivity contribution in [3.63, 3.8) is 0 Å². The number of hydrogen-bond acceptors (Lipinski definition) is 1. The molecule has 0 N–H and O–H groups in total. The Labute approximate surface area is 272 Å². The molecule has 9 aromatic rings. The number of para-hydroxylation sites is 3. The van der Waals surface area contributed by atoms with Gasteiger partial charge in [-0.3, -0.25) is 4.57 Å². The van der Waals surface area contributed by atoms with E-state index < -0.39 is 24.2 Å². The molecule has 2 nitrogen and oxygen atoms in total. The van der Waals surface area contributed by atoms with E-state index in [9.17, 15) is 5.48 Å². The molecule has 8 aromatic carbocycles. The predicted molar refractivity (Wildman–Crippen MR) is 190 cm³/mol. The van der Waals surface area contributed by atoms with Crippen LogP contribution in [0.25, 0.3) is 82.7 Å². The predicted octanol–water partition coefficient (Wildman–Crippen LogP) is 11.5.